The van der Waals surface area contributed by atoms with Crippen molar-refractivity contribution in [2.24, 2.45) is 0 Å². The van der Waals surface area contributed by atoms with Crippen molar-refractivity contribution in [1.29, 1.82) is 0 Å². The van der Waals surface area contributed by atoms with Gasteiger partial charge >= 0.3 is 0 Å². The molecule has 1 atom stereocenters. The van der Waals surface area contributed by atoms with Gasteiger partial charge in [0.15, 0.2) is 11.5 Å². The van der Waals surface area contributed by atoms with Crippen LogP contribution in [0.25, 0.3) is 0 Å². The molecule has 0 bridgehead atoms. The number of hydrogen-bond donors (Lipinski definition) is 1. The van der Waals surface area contributed by atoms with Crippen LogP contribution in [-0.2, 0) is 13.1 Å². The molecule has 3 aromatic rings. The van der Waals surface area contributed by atoms with Gasteiger partial charge in [-0.1, -0.05) is 41.4 Å². The fraction of sp³-hybridized carbons (Fsp3) is 0.273. The summed E-state index contributed by atoms with van der Waals surface area (Å²) in [4.78, 5) is 2.05. The first kappa shape index (κ1) is 21.5. The van der Waals surface area contributed by atoms with Crippen molar-refractivity contribution in [3.05, 3.63) is 82.2 Å². The number of nitrogens with zero attached hydrogens (tertiary/aromatic N) is 1. The number of halogens is 2. The highest BCUT2D eigenvalue weighted by atomic mass is 35.5. The Hall–Kier alpha value is -2.18. The van der Waals surface area contributed by atoms with Gasteiger partial charge in [-0.15, -0.1) is 0 Å². The Balaban J connectivity index is 1.65. The average Bonchev–Trinajstić information content (AvgIpc) is 3.21. The minimum absolute atomic E-state index is 0.128. The van der Waals surface area contributed by atoms with Crippen LogP contribution < -0.4 is 9.47 Å². The lowest BCUT2D eigenvalue weighted by molar-refractivity contribution is 0.0596. The molecule has 0 saturated heterocycles. The molecule has 0 radical (unpaired) electrons. The summed E-state index contributed by atoms with van der Waals surface area (Å²) in [6.45, 7) is 1.55. The number of aliphatic hydroxyl groups is 1. The van der Waals surface area contributed by atoms with Crippen molar-refractivity contribution in [3.8, 4) is 11.5 Å². The van der Waals surface area contributed by atoms with Gasteiger partial charge < -0.3 is 19.0 Å². The van der Waals surface area contributed by atoms with Gasteiger partial charge in [0, 0.05) is 23.1 Å². The fourth-order valence-electron chi connectivity index (χ4n) is 2.97. The molecular formula is C22H23Cl2NO4. The third kappa shape index (κ3) is 6.41. The molecule has 29 heavy (non-hydrogen) atoms. The van der Waals surface area contributed by atoms with Gasteiger partial charge in [-0.25, -0.2) is 0 Å². The van der Waals surface area contributed by atoms with Gasteiger partial charge in [0.25, 0.3) is 0 Å². The molecular weight excluding hydrogens is 413 g/mol. The van der Waals surface area contributed by atoms with Gasteiger partial charge in [0.05, 0.1) is 19.9 Å². The molecule has 1 heterocycles. The van der Waals surface area contributed by atoms with Crippen LogP contribution >= 0.6 is 23.2 Å². The predicted molar refractivity (Wildman–Crippen MR) is 114 cm³/mol. The molecule has 3 rings (SSSR count). The number of methoxy groups -OCH3 is 1. The molecule has 0 spiro atoms. The van der Waals surface area contributed by atoms with E-state index in [9.17, 15) is 5.11 Å². The number of hydrogen-bond acceptors (Lipinski definition) is 5. The quantitative estimate of drug-likeness (QED) is 0.483. The van der Waals surface area contributed by atoms with Crippen LogP contribution in [0.1, 0.15) is 11.3 Å². The van der Waals surface area contributed by atoms with E-state index in [-0.39, 0.29) is 6.61 Å². The van der Waals surface area contributed by atoms with Crippen LogP contribution in [0.4, 0.5) is 0 Å². The normalized spacial score (nSPS) is 12.2. The van der Waals surface area contributed by atoms with E-state index in [2.05, 4.69) is 0 Å². The highest BCUT2D eigenvalue weighted by molar-refractivity contribution is 6.35. The van der Waals surface area contributed by atoms with E-state index in [0.29, 0.717) is 41.2 Å². The molecule has 0 fully saturated rings. The van der Waals surface area contributed by atoms with Crippen LogP contribution in [-0.4, -0.2) is 36.4 Å². The van der Waals surface area contributed by atoms with Crippen LogP contribution in [0.3, 0.4) is 0 Å². The van der Waals surface area contributed by atoms with E-state index < -0.39 is 6.10 Å². The Bertz CT molecular complexity index is 902. The number of benzene rings is 2. The maximum atomic E-state index is 10.6. The third-order valence-electron chi connectivity index (χ3n) is 4.34. The highest BCUT2D eigenvalue weighted by Crippen LogP contribution is 2.26. The highest BCUT2D eigenvalue weighted by Gasteiger charge is 2.17. The predicted octanol–water partition coefficient (Wildman–Crippen LogP) is 5.04. The summed E-state index contributed by atoms with van der Waals surface area (Å²) in [6.07, 6.45) is 0.908. The van der Waals surface area contributed by atoms with Gasteiger partial charge in [0.1, 0.15) is 18.5 Å². The summed E-state index contributed by atoms with van der Waals surface area (Å²) >= 11 is 12.3. The zero-order valence-electron chi connectivity index (χ0n) is 16.1. The van der Waals surface area contributed by atoms with Crippen LogP contribution in [0, 0.1) is 0 Å². The second-order valence-electron chi connectivity index (χ2n) is 6.60. The molecule has 0 aliphatic carbocycles. The molecule has 1 aromatic heterocycles. The Morgan fingerprint density at radius 3 is 2.52 bits per heavy atom. The number of para-hydroxylation sites is 2. The summed E-state index contributed by atoms with van der Waals surface area (Å²) in [5.41, 5.74) is 0.917. The monoisotopic (exact) mass is 435 g/mol. The smallest absolute Gasteiger partial charge is 0.161 e. The lowest BCUT2D eigenvalue weighted by Gasteiger charge is -2.25. The molecule has 154 valence electrons. The largest absolute Gasteiger partial charge is 0.493 e. The van der Waals surface area contributed by atoms with E-state index in [1.54, 1.807) is 31.6 Å². The third-order valence-corrected chi connectivity index (χ3v) is 4.92. The van der Waals surface area contributed by atoms with Gasteiger partial charge in [-0.2, -0.15) is 0 Å². The van der Waals surface area contributed by atoms with E-state index in [1.165, 1.54) is 0 Å². The van der Waals surface area contributed by atoms with Crippen molar-refractivity contribution in [3.63, 3.8) is 0 Å². The Kier molecular flexibility index (Phi) is 7.83. The summed E-state index contributed by atoms with van der Waals surface area (Å²) in [5.74, 6) is 2.01. The lowest BCUT2D eigenvalue weighted by atomic mass is 10.2. The minimum Gasteiger partial charge on any atom is -0.493 e. The summed E-state index contributed by atoms with van der Waals surface area (Å²) in [6, 6.07) is 16.5. The average molecular weight is 436 g/mol. The van der Waals surface area contributed by atoms with Crippen LogP contribution in [0.15, 0.2) is 65.3 Å². The van der Waals surface area contributed by atoms with Gasteiger partial charge in [0.2, 0.25) is 0 Å². The van der Waals surface area contributed by atoms with Crippen molar-refractivity contribution < 1.29 is 19.0 Å². The molecule has 2 aromatic carbocycles. The Labute approximate surface area is 180 Å². The molecule has 0 aliphatic heterocycles. The lowest BCUT2D eigenvalue weighted by Crippen LogP contribution is -2.35. The first-order valence-electron chi connectivity index (χ1n) is 9.17. The maximum Gasteiger partial charge on any atom is 0.161 e. The standard InChI is InChI=1S/C22H23Cl2NO4/c1-27-21-6-2-3-7-22(21)29-15-18(26)13-25(14-19-5-4-10-28-19)12-16-8-9-17(23)11-20(16)24/h2-11,18,26H,12-15H2,1H3. The Morgan fingerprint density at radius 2 is 1.83 bits per heavy atom. The van der Waals surface area contributed by atoms with E-state index in [4.69, 9.17) is 37.1 Å². The SMILES string of the molecule is COc1ccccc1OCC(O)CN(Cc1ccco1)Cc1ccc(Cl)cc1Cl. The zero-order valence-corrected chi connectivity index (χ0v) is 17.6. The number of ether oxygens (including phenoxy) is 2. The zero-order chi connectivity index (χ0) is 20.6. The van der Waals surface area contributed by atoms with Gasteiger partial charge in [-0.3, -0.25) is 4.90 Å². The number of rotatable bonds is 10. The summed E-state index contributed by atoms with van der Waals surface area (Å²) in [5, 5.41) is 11.7. The number of furan rings is 1. The first-order chi connectivity index (χ1) is 14.0. The second-order valence-corrected chi connectivity index (χ2v) is 7.44. The maximum absolute atomic E-state index is 10.6. The van der Waals surface area contributed by atoms with Crippen molar-refractivity contribution in [1.82, 2.24) is 4.90 Å². The molecule has 0 saturated carbocycles. The fourth-order valence-corrected chi connectivity index (χ4v) is 3.44. The molecule has 5 nitrogen and oxygen atoms in total. The Morgan fingerprint density at radius 1 is 1.03 bits per heavy atom. The van der Waals surface area contributed by atoms with Crippen molar-refractivity contribution in [2.45, 2.75) is 19.2 Å². The van der Waals surface area contributed by atoms with E-state index in [0.717, 1.165) is 11.3 Å². The topological polar surface area (TPSA) is 55.1 Å². The summed E-state index contributed by atoms with van der Waals surface area (Å²) in [7, 11) is 1.58. The molecule has 0 amide bonds. The van der Waals surface area contributed by atoms with Crippen LogP contribution in [0.2, 0.25) is 10.0 Å². The molecule has 7 heteroatoms. The number of aliphatic hydroxyl groups excluding tert-OH is 1. The molecule has 0 aliphatic rings. The molecule has 1 unspecified atom stereocenters. The van der Waals surface area contributed by atoms with Crippen LogP contribution in [0.5, 0.6) is 11.5 Å². The van der Waals surface area contributed by atoms with Gasteiger partial charge in [-0.05, 0) is 42.0 Å². The second kappa shape index (κ2) is 10.6. The van der Waals surface area contributed by atoms with Crippen molar-refractivity contribution in [2.75, 3.05) is 20.3 Å². The minimum atomic E-state index is -0.721. The van der Waals surface area contributed by atoms with E-state index >= 15 is 0 Å². The van der Waals surface area contributed by atoms with Crippen molar-refractivity contribution >= 4 is 23.2 Å². The molecule has 1 N–H and O–H groups in total. The first-order valence-corrected chi connectivity index (χ1v) is 9.93. The summed E-state index contributed by atoms with van der Waals surface area (Å²) < 4.78 is 16.5. The van der Waals surface area contributed by atoms with E-state index in [1.807, 2.05) is 41.3 Å².